The summed E-state index contributed by atoms with van der Waals surface area (Å²) in [5.41, 5.74) is 1.16. The van der Waals surface area contributed by atoms with Crippen molar-refractivity contribution in [1.82, 2.24) is 5.32 Å². The summed E-state index contributed by atoms with van der Waals surface area (Å²) in [4.78, 5) is 0. The predicted octanol–water partition coefficient (Wildman–Crippen LogP) is 3.76. The second-order valence-electron chi connectivity index (χ2n) is 5.00. The van der Waals surface area contributed by atoms with Gasteiger partial charge in [0.15, 0.2) is 11.5 Å². The van der Waals surface area contributed by atoms with Crippen molar-refractivity contribution in [2.75, 3.05) is 26.9 Å². The first kappa shape index (κ1) is 18.3. The Morgan fingerprint density at radius 1 is 1.29 bits per heavy atom. The van der Waals surface area contributed by atoms with E-state index in [9.17, 15) is 0 Å². The van der Waals surface area contributed by atoms with Crippen molar-refractivity contribution in [2.24, 2.45) is 0 Å². The van der Waals surface area contributed by atoms with E-state index >= 15 is 0 Å². The number of benzene rings is 1. The molecular formula is C16H26BrNO3. The van der Waals surface area contributed by atoms with Gasteiger partial charge in [0.25, 0.3) is 0 Å². The van der Waals surface area contributed by atoms with Crippen LogP contribution in [0.4, 0.5) is 0 Å². The van der Waals surface area contributed by atoms with Crippen LogP contribution in [0.5, 0.6) is 11.5 Å². The molecule has 0 saturated carbocycles. The quantitative estimate of drug-likeness (QED) is 0.645. The summed E-state index contributed by atoms with van der Waals surface area (Å²) in [6, 6.07) is 4.08. The Morgan fingerprint density at radius 2 is 2.05 bits per heavy atom. The first-order valence-electron chi connectivity index (χ1n) is 7.40. The van der Waals surface area contributed by atoms with Gasteiger partial charge >= 0.3 is 0 Å². The maximum atomic E-state index is 5.78. The number of methoxy groups -OCH3 is 1. The average Bonchev–Trinajstić information content (AvgIpc) is 2.44. The van der Waals surface area contributed by atoms with Crippen LogP contribution in [0.3, 0.4) is 0 Å². The van der Waals surface area contributed by atoms with Gasteiger partial charge in [0.2, 0.25) is 0 Å². The summed E-state index contributed by atoms with van der Waals surface area (Å²) >= 11 is 3.56. The Labute approximate surface area is 136 Å². The van der Waals surface area contributed by atoms with Crippen molar-refractivity contribution in [1.29, 1.82) is 0 Å². The second-order valence-corrected chi connectivity index (χ2v) is 5.86. The number of hydrogen-bond acceptors (Lipinski definition) is 4. The summed E-state index contributed by atoms with van der Waals surface area (Å²) in [5.74, 6) is 1.51. The van der Waals surface area contributed by atoms with E-state index in [0.717, 1.165) is 54.3 Å². The van der Waals surface area contributed by atoms with Gasteiger partial charge in [0.1, 0.15) is 0 Å². The zero-order chi connectivity index (χ0) is 15.7. The van der Waals surface area contributed by atoms with Crippen LogP contribution >= 0.6 is 15.9 Å². The second kappa shape index (κ2) is 10.0. The van der Waals surface area contributed by atoms with Crippen LogP contribution < -0.4 is 14.8 Å². The molecule has 0 radical (unpaired) electrons. The van der Waals surface area contributed by atoms with E-state index < -0.39 is 0 Å². The normalized spacial score (nSPS) is 11.0. The molecule has 0 bridgehead atoms. The molecule has 0 spiro atoms. The van der Waals surface area contributed by atoms with Crippen LogP contribution in [0, 0.1) is 0 Å². The molecule has 21 heavy (non-hydrogen) atoms. The fraction of sp³-hybridized carbons (Fsp3) is 0.625. The van der Waals surface area contributed by atoms with E-state index in [-0.39, 0.29) is 6.10 Å². The molecule has 1 aromatic carbocycles. The van der Waals surface area contributed by atoms with Crippen molar-refractivity contribution in [3.8, 4) is 11.5 Å². The maximum Gasteiger partial charge on any atom is 0.175 e. The van der Waals surface area contributed by atoms with Gasteiger partial charge in [-0.15, -0.1) is 0 Å². The predicted molar refractivity (Wildman–Crippen MR) is 89.3 cm³/mol. The lowest BCUT2D eigenvalue weighted by Crippen LogP contribution is -2.16. The summed E-state index contributed by atoms with van der Waals surface area (Å²) in [7, 11) is 1.66. The van der Waals surface area contributed by atoms with Gasteiger partial charge in [-0.3, -0.25) is 0 Å². The van der Waals surface area contributed by atoms with E-state index in [0.29, 0.717) is 0 Å². The van der Waals surface area contributed by atoms with Crippen molar-refractivity contribution in [3.63, 3.8) is 0 Å². The highest BCUT2D eigenvalue weighted by atomic mass is 79.9. The van der Waals surface area contributed by atoms with Crippen LogP contribution in [0.1, 0.15) is 32.8 Å². The van der Waals surface area contributed by atoms with Gasteiger partial charge in [0.05, 0.1) is 17.7 Å². The first-order chi connectivity index (χ1) is 10.1. The third-order valence-corrected chi connectivity index (χ3v) is 3.41. The average molecular weight is 360 g/mol. The van der Waals surface area contributed by atoms with Crippen LogP contribution in [0.25, 0.3) is 0 Å². The first-order valence-corrected chi connectivity index (χ1v) is 8.19. The van der Waals surface area contributed by atoms with Gasteiger partial charge in [-0.05, 0) is 67.4 Å². The highest BCUT2D eigenvalue weighted by Crippen LogP contribution is 2.37. The zero-order valence-electron chi connectivity index (χ0n) is 13.4. The lowest BCUT2D eigenvalue weighted by molar-refractivity contribution is 0.144. The molecule has 1 aromatic rings. The topological polar surface area (TPSA) is 39.7 Å². The van der Waals surface area contributed by atoms with Crippen LogP contribution in [-0.4, -0.2) is 33.0 Å². The fourth-order valence-electron chi connectivity index (χ4n) is 1.90. The van der Waals surface area contributed by atoms with Crippen LogP contribution in [0.15, 0.2) is 16.6 Å². The molecule has 1 N–H and O–H groups in total. The number of rotatable bonds is 10. The lowest BCUT2D eigenvalue weighted by Gasteiger charge is -2.16. The van der Waals surface area contributed by atoms with Crippen molar-refractivity contribution < 1.29 is 14.2 Å². The molecule has 0 heterocycles. The molecule has 0 aliphatic heterocycles. The molecule has 5 heteroatoms. The Hall–Kier alpha value is -0.780. The molecular weight excluding hydrogens is 334 g/mol. The molecule has 1 rings (SSSR count). The van der Waals surface area contributed by atoms with Crippen molar-refractivity contribution in [3.05, 3.63) is 22.2 Å². The van der Waals surface area contributed by atoms with E-state index in [1.807, 2.05) is 26.8 Å². The van der Waals surface area contributed by atoms with E-state index in [2.05, 4.69) is 27.3 Å². The molecule has 0 aliphatic rings. The zero-order valence-corrected chi connectivity index (χ0v) is 15.0. The Kier molecular flexibility index (Phi) is 8.73. The minimum atomic E-state index is 0.109. The number of nitrogens with one attached hydrogen (secondary N) is 1. The summed E-state index contributed by atoms with van der Waals surface area (Å²) < 4.78 is 17.4. The molecule has 0 fully saturated rings. The third kappa shape index (κ3) is 6.68. The minimum Gasteiger partial charge on any atom is -0.493 e. The highest BCUT2D eigenvalue weighted by Gasteiger charge is 2.12. The van der Waals surface area contributed by atoms with E-state index in [1.165, 1.54) is 0 Å². The van der Waals surface area contributed by atoms with Crippen molar-refractivity contribution in [2.45, 2.75) is 39.8 Å². The number of halogens is 1. The highest BCUT2D eigenvalue weighted by molar-refractivity contribution is 9.10. The summed E-state index contributed by atoms with van der Waals surface area (Å²) in [6.45, 7) is 9.32. The van der Waals surface area contributed by atoms with Gasteiger partial charge in [-0.2, -0.15) is 0 Å². The third-order valence-electron chi connectivity index (χ3n) is 2.82. The number of hydrogen-bond donors (Lipinski definition) is 1. The SMILES string of the molecule is CCOCCCNCc1cc(Br)c(OC(C)C)c(OC)c1. The molecule has 0 amide bonds. The minimum absolute atomic E-state index is 0.109. The molecule has 0 saturated heterocycles. The maximum absolute atomic E-state index is 5.78. The van der Waals surface area contributed by atoms with Gasteiger partial charge in [-0.25, -0.2) is 0 Å². The van der Waals surface area contributed by atoms with Gasteiger partial charge in [-0.1, -0.05) is 0 Å². The van der Waals surface area contributed by atoms with E-state index in [4.69, 9.17) is 14.2 Å². The Balaban J connectivity index is 2.58. The Bertz CT molecular complexity index is 424. The number of ether oxygens (including phenoxy) is 3. The molecule has 0 unspecified atom stereocenters. The monoisotopic (exact) mass is 359 g/mol. The summed E-state index contributed by atoms with van der Waals surface area (Å²) in [5, 5.41) is 3.40. The molecule has 0 aromatic heterocycles. The summed E-state index contributed by atoms with van der Waals surface area (Å²) in [6.07, 6.45) is 1.12. The standard InChI is InChI=1S/C16H26BrNO3/c1-5-20-8-6-7-18-11-13-9-14(17)16(21-12(2)3)15(10-13)19-4/h9-10,12,18H,5-8,11H2,1-4H3. The van der Waals surface area contributed by atoms with Crippen molar-refractivity contribution >= 4 is 15.9 Å². The fourth-order valence-corrected chi connectivity index (χ4v) is 2.48. The lowest BCUT2D eigenvalue weighted by atomic mass is 10.2. The van der Waals surface area contributed by atoms with Crippen LogP contribution in [0.2, 0.25) is 0 Å². The largest absolute Gasteiger partial charge is 0.493 e. The van der Waals surface area contributed by atoms with E-state index in [1.54, 1.807) is 7.11 Å². The molecule has 0 atom stereocenters. The molecule has 0 aliphatic carbocycles. The molecule has 4 nitrogen and oxygen atoms in total. The van der Waals surface area contributed by atoms with Gasteiger partial charge in [0, 0.05) is 19.8 Å². The Morgan fingerprint density at radius 3 is 2.67 bits per heavy atom. The smallest absolute Gasteiger partial charge is 0.175 e. The van der Waals surface area contributed by atoms with Gasteiger partial charge < -0.3 is 19.5 Å². The van der Waals surface area contributed by atoms with Crippen LogP contribution in [-0.2, 0) is 11.3 Å². The molecule has 120 valence electrons.